The summed E-state index contributed by atoms with van der Waals surface area (Å²) in [4.78, 5) is 26.5. The first-order chi connectivity index (χ1) is 12.5. The van der Waals surface area contributed by atoms with Gasteiger partial charge in [-0.3, -0.25) is 14.7 Å². The van der Waals surface area contributed by atoms with Gasteiger partial charge in [-0.2, -0.15) is 5.10 Å². The Bertz CT molecular complexity index is 812. The molecule has 0 bridgehead atoms. The summed E-state index contributed by atoms with van der Waals surface area (Å²) in [5.74, 6) is -0.582. The summed E-state index contributed by atoms with van der Waals surface area (Å²) in [5, 5.41) is 7.14. The van der Waals surface area contributed by atoms with Gasteiger partial charge in [0.1, 0.15) is 5.69 Å². The number of hydrogen-bond acceptors (Lipinski definition) is 4. The average molecular weight is 355 g/mol. The maximum atomic E-state index is 12.8. The molecule has 1 aromatic heterocycles. The highest BCUT2D eigenvalue weighted by molar-refractivity contribution is 5.93. The maximum Gasteiger partial charge on any atom is 0.310 e. The van der Waals surface area contributed by atoms with Gasteiger partial charge in [-0.1, -0.05) is 12.1 Å². The second-order valence-corrected chi connectivity index (χ2v) is 6.81. The normalized spacial score (nSPS) is 17.2. The lowest BCUT2D eigenvalue weighted by atomic mass is 9.98. The molecule has 0 unspecified atom stereocenters. The van der Waals surface area contributed by atoms with E-state index in [1.54, 1.807) is 17.9 Å². The van der Waals surface area contributed by atoms with Gasteiger partial charge in [0.25, 0.3) is 5.91 Å². The van der Waals surface area contributed by atoms with Crippen LogP contribution in [0.15, 0.2) is 24.3 Å². The Kier molecular flexibility index (Phi) is 5.40. The summed E-state index contributed by atoms with van der Waals surface area (Å²) in [6.07, 6.45) is 1.56. The number of hydrogen-bond donors (Lipinski definition) is 1. The van der Waals surface area contributed by atoms with Crippen molar-refractivity contribution < 1.29 is 14.3 Å². The Morgan fingerprint density at radius 1 is 1.27 bits per heavy atom. The van der Waals surface area contributed by atoms with Crippen LogP contribution in [0.3, 0.4) is 0 Å². The molecule has 0 radical (unpaired) electrons. The number of ether oxygens (including phenoxy) is 1. The zero-order chi connectivity index (χ0) is 18.7. The molecule has 3 rings (SSSR count). The van der Waals surface area contributed by atoms with Crippen LogP contribution in [-0.2, 0) is 9.53 Å². The predicted molar refractivity (Wildman–Crippen MR) is 98.8 cm³/mol. The lowest BCUT2D eigenvalue weighted by Gasteiger charge is -2.31. The van der Waals surface area contributed by atoms with Crippen molar-refractivity contribution in [3.05, 3.63) is 41.1 Å². The van der Waals surface area contributed by atoms with E-state index < -0.39 is 0 Å². The van der Waals surface area contributed by atoms with E-state index in [4.69, 9.17) is 4.74 Å². The number of aromatic amines is 1. The molecule has 1 N–H and O–H groups in total. The number of nitrogens with one attached hydrogen (secondary N) is 1. The highest BCUT2D eigenvalue weighted by Crippen LogP contribution is 2.23. The van der Waals surface area contributed by atoms with Crippen molar-refractivity contribution in [2.45, 2.75) is 33.6 Å². The van der Waals surface area contributed by atoms with Crippen LogP contribution in [0.25, 0.3) is 11.3 Å². The van der Waals surface area contributed by atoms with Crippen LogP contribution in [0.4, 0.5) is 0 Å². The van der Waals surface area contributed by atoms with Crippen LogP contribution in [0.5, 0.6) is 0 Å². The van der Waals surface area contributed by atoms with Crippen LogP contribution in [0, 0.1) is 19.8 Å². The quantitative estimate of drug-likeness (QED) is 0.855. The number of esters is 1. The molecule has 1 saturated heterocycles. The van der Waals surface area contributed by atoms with Crippen LogP contribution in [0.1, 0.15) is 41.4 Å². The molecule has 1 atom stereocenters. The number of nitrogens with zero attached hydrogens (tertiary/aromatic N) is 2. The lowest BCUT2D eigenvalue weighted by molar-refractivity contribution is -0.149. The second-order valence-electron chi connectivity index (χ2n) is 6.81. The number of amides is 1. The van der Waals surface area contributed by atoms with Crippen molar-refractivity contribution in [2.24, 2.45) is 5.92 Å². The summed E-state index contributed by atoms with van der Waals surface area (Å²) in [6.45, 7) is 7.32. The van der Waals surface area contributed by atoms with E-state index in [1.165, 1.54) is 11.1 Å². The minimum atomic E-state index is -0.241. The number of carbonyl (C=O) groups is 2. The third kappa shape index (κ3) is 3.79. The fourth-order valence-electron chi connectivity index (χ4n) is 3.26. The molecule has 2 heterocycles. The Labute approximate surface area is 153 Å². The van der Waals surface area contributed by atoms with Crippen molar-refractivity contribution in [2.75, 3.05) is 19.7 Å². The van der Waals surface area contributed by atoms with Crippen LogP contribution < -0.4 is 0 Å². The minimum absolute atomic E-state index is 0.124. The van der Waals surface area contributed by atoms with Crippen molar-refractivity contribution >= 4 is 11.9 Å². The first-order valence-corrected chi connectivity index (χ1v) is 9.08. The molecule has 0 saturated carbocycles. The molecule has 26 heavy (non-hydrogen) atoms. The molecule has 1 amide bonds. The molecule has 6 heteroatoms. The SMILES string of the molecule is CCOC(=O)[C@H]1CCCN(C(=O)c2cc(-c3ccc(C)c(C)c3)n[nH]2)C1. The summed E-state index contributed by atoms with van der Waals surface area (Å²) >= 11 is 0. The van der Waals surface area contributed by atoms with E-state index in [0.717, 1.165) is 24.1 Å². The molecule has 1 fully saturated rings. The fourth-order valence-corrected chi connectivity index (χ4v) is 3.26. The molecule has 1 aromatic carbocycles. The Balaban J connectivity index is 1.73. The van der Waals surface area contributed by atoms with Gasteiger partial charge in [0.05, 0.1) is 18.2 Å². The van der Waals surface area contributed by atoms with Gasteiger partial charge in [0, 0.05) is 18.7 Å². The Hall–Kier alpha value is -2.63. The first-order valence-electron chi connectivity index (χ1n) is 9.08. The van der Waals surface area contributed by atoms with E-state index in [-0.39, 0.29) is 17.8 Å². The van der Waals surface area contributed by atoms with E-state index >= 15 is 0 Å². The van der Waals surface area contributed by atoms with E-state index in [2.05, 4.69) is 36.2 Å². The molecule has 0 aliphatic carbocycles. The summed E-state index contributed by atoms with van der Waals surface area (Å²) in [5.41, 5.74) is 4.58. The molecule has 1 aliphatic heterocycles. The van der Waals surface area contributed by atoms with Gasteiger partial charge < -0.3 is 9.64 Å². The van der Waals surface area contributed by atoms with Crippen molar-refractivity contribution in [3.63, 3.8) is 0 Å². The van der Waals surface area contributed by atoms with E-state index in [1.807, 2.05) is 6.07 Å². The smallest absolute Gasteiger partial charge is 0.310 e. The van der Waals surface area contributed by atoms with Crippen LogP contribution in [-0.4, -0.2) is 46.7 Å². The van der Waals surface area contributed by atoms with Crippen LogP contribution >= 0.6 is 0 Å². The summed E-state index contributed by atoms with van der Waals surface area (Å²) in [6, 6.07) is 7.90. The topological polar surface area (TPSA) is 75.3 Å². The molecule has 138 valence electrons. The number of likely N-dealkylation sites (tertiary alicyclic amines) is 1. The number of aromatic nitrogens is 2. The van der Waals surface area contributed by atoms with Gasteiger partial charge in [-0.05, 0) is 56.9 Å². The Morgan fingerprint density at radius 2 is 2.08 bits per heavy atom. The number of piperidine rings is 1. The van der Waals surface area contributed by atoms with Gasteiger partial charge in [-0.15, -0.1) is 0 Å². The zero-order valence-corrected chi connectivity index (χ0v) is 15.5. The number of benzene rings is 1. The van der Waals surface area contributed by atoms with Gasteiger partial charge >= 0.3 is 5.97 Å². The van der Waals surface area contributed by atoms with Crippen molar-refractivity contribution in [1.82, 2.24) is 15.1 Å². The molecule has 2 aromatic rings. The van der Waals surface area contributed by atoms with Gasteiger partial charge in [-0.25, -0.2) is 0 Å². The highest BCUT2D eigenvalue weighted by atomic mass is 16.5. The number of rotatable bonds is 4. The average Bonchev–Trinajstić information content (AvgIpc) is 3.14. The summed E-state index contributed by atoms with van der Waals surface area (Å²) < 4.78 is 5.10. The third-order valence-corrected chi connectivity index (χ3v) is 4.94. The number of aryl methyl sites for hydroxylation is 2. The maximum absolute atomic E-state index is 12.8. The summed E-state index contributed by atoms with van der Waals surface area (Å²) in [7, 11) is 0. The molecular formula is C20H25N3O3. The van der Waals surface area contributed by atoms with E-state index in [0.29, 0.717) is 25.4 Å². The predicted octanol–water partition coefficient (Wildman–Crippen LogP) is 3.11. The lowest BCUT2D eigenvalue weighted by Crippen LogP contribution is -2.43. The monoisotopic (exact) mass is 355 g/mol. The largest absolute Gasteiger partial charge is 0.466 e. The standard InChI is InChI=1S/C20H25N3O3/c1-4-26-20(25)16-6-5-9-23(12-16)19(24)18-11-17(21-22-18)15-8-7-13(2)14(3)10-15/h7-8,10-11,16H,4-6,9,12H2,1-3H3,(H,21,22)/t16-/m0/s1. The molecule has 1 aliphatic rings. The molecular weight excluding hydrogens is 330 g/mol. The second kappa shape index (κ2) is 7.72. The Morgan fingerprint density at radius 3 is 2.81 bits per heavy atom. The van der Waals surface area contributed by atoms with Crippen LogP contribution in [0.2, 0.25) is 0 Å². The third-order valence-electron chi connectivity index (χ3n) is 4.94. The van der Waals surface area contributed by atoms with Crippen molar-refractivity contribution in [3.8, 4) is 11.3 Å². The van der Waals surface area contributed by atoms with Crippen molar-refractivity contribution in [1.29, 1.82) is 0 Å². The van der Waals surface area contributed by atoms with Gasteiger partial charge in [0.2, 0.25) is 0 Å². The minimum Gasteiger partial charge on any atom is -0.466 e. The zero-order valence-electron chi connectivity index (χ0n) is 15.5. The van der Waals surface area contributed by atoms with Gasteiger partial charge in [0.15, 0.2) is 0 Å². The fraction of sp³-hybridized carbons (Fsp3) is 0.450. The molecule has 0 spiro atoms. The number of H-pyrrole nitrogens is 1. The van der Waals surface area contributed by atoms with E-state index in [9.17, 15) is 9.59 Å². The molecule has 6 nitrogen and oxygen atoms in total. The first kappa shape index (κ1) is 18.2. The highest BCUT2D eigenvalue weighted by Gasteiger charge is 2.30. The number of carbonyl (C=O) groups excluding carboxylic acids is 2.